The predicted octanol–water partition coefficient (Wildman–Crippen LogP) is 3.68. The van der Waals surface area contributed by atoms with Gasteiger partial charge < -0.3 is 14.5 Å². The van der Waals surface area contributed by atoms with Gasteiger partial charge in [-0.05, 0) is 42.7 Å². The lowest BCUT2D eigenvalue weighted by atomic mass is 10.0. The van der Waals surface area contributed by atoms with Crippen LogP contribution in [0.4, 0.5) is 5.69 Å². The van der Waals surface area contributed by atoms with Crippen molar-refractivity contribution in [2.45, 2.75) is 45.8 Å². The average Bonchev–Trinajstić information content (AvgIpc) is 3.01. The smallest absolute Gasteiger partial charge is 0.419 e. The van der Waals surface area contributed by atoms with Crippen molar-refractivity contribution in [3.05, 3.63) is 64.6 Å². The number of hydrogen-bond donors (Lipinski definition) is 1. The molecule has 0 saturated carbocycles. The highest BCUT2D eigenvalue weighted by Crippen LogP contribution is 2.17. The maximum Gasteiger partial charge on any atom is 0.419 e. The molecule has 1 amide bonds. The van der Waals surface area contributed by atoms with Crippen molar-refractivity contribution in [1.82, 2.24) is 4.57 Å². The second-order valence-electron chi connectivity index (χ2n) is 7.14. The Balaban J connectivity index is 1.53. The number of hydrogen-bond acceptors (Lipinski definition) is 5. The number of aromatic nitrogens is 1. The van der Waals surface area contributed by atoms with Crippen LogP contribution in [0.1, 0.15) is 38.7 Å². The summed E-state index contributed by atoms with van der Waals surface area (Å²) >= 11 is 0. The number of anilines is 1. The van der Waals surface area contributed by atoms with E-state index in [0.29, 0.717) is 22.7 Å². The minimum atomic E-state index is -0.954. The highest BCUT2D eigenvalue weighted by molar-refractivity contribution is 5.95. The third-order valence-electron chi connectivity index (χ3n) is 4.64. The Morgan fingerprint density at radius 1 is 1.07 bits per heavy atom. The molecule has 1 heterocycles. The lowest BCUT2D eigenvalue weighted by molar-refractivity contribution is -0.153. The number of nitrogens with one attached hydrogen (secondary N) is 1. The number of ether oxygens (including phenoxy) is 1. The molecule has 0 saturated heterocycles. The van der Waals surface area contributed by atoms with E-state index in [0.717, 1.165) is 0 Å². The van der Waals surface area contributed by atoms with Gasteiger partial charge in [-0.25, -0.2) is 4.79 Å². The summed E-state index contributed by atoms with van der Waals surface area (Å²) in [4.78, 5) is 36.3. The van der Waals surface area contributed by atoms with Crippen molar-refractivity contribution in [2.75, 3.05) is 5.32 Å². The zero-order valence-electron chi connectivity index (χ0n) is 16.7. The molecular formula is C22H24N2O5. The molecule has 1 atom stereocenters. The van der Waals surface area contributed by atoms with Gasteiger partial charge in [0.1, 0.15) is 0 Å². The molecule has 29 heavy (non-hydrogen) atoms. The molecule has 0 bridgehead atoms. The molecular weight excluding hydrogens is 372 g/mol. The van der Waals surface area contributed by atoms with Crippen molar-refractivity contribution >= 4 is 28.7 Å². The van der Waals surface area contributed by atoms with Crippen LogP contribution >= 0.6 is 0 Å². The van der Waals surface area contributed by atoms with E-state index in [4.69, 9.17) is 9.15 Å². The number of para-hydroxylation sites is 2. The first-order chi connectivity index (χ1) is 13.8. The number of rotatable bonds is 7. The molecule has 1 aromatic heterocycles. The monoisotopic (exact) mass is 396 g/mol. The Morgan fingerprint density at radius 2 is 1.76 bits per heavy atom. The molecule has 0 aliphatic heterocycles. The molecule has 0 unspecified atom stereocenters. The number of nitrogens with zero attached hydrogens (tertiary/aromatic N) is 1. The highest BCUT2D eigenvalue weighted by atomic mass is 16.5. The van der Waals surface area contributed by atoms with Crippen LogP contribution in [0.2, 0.25) is 0 Å². The summed E-state index contributed by atoms with van der Waals surface area (Å²) in [6, 6.07) is 14.5. The van der Waals surface area contributed by atoms with Gasteiger partial charge in [-0.3, -0.25) is 14.2 Å². The SMILES string of the molecule is CC(C)c1ccc(NC(=O)[C@H](C)OC(=O)CCn2c(=O)oc3ccccc32)cc1. The third kappa shape index (κ3) is 4.93. The molecule has 152 valence electrons. The molecule has 1 N–H and O–H groups in total. The Labute approximate surface area is 168 Å². The number of fused-ring (bicyclic) bond motifs is 1. The Hall–Kier alpha value is -3.35. The van der Waals surface area contributed by atoms with E-state index in [2.05, 4.69) is 19.2 Å². The van der Waals surface area contributed by atoms with Crippen molar-refractivity contribution in [3.63, 3.8) is 0 Å². The molecule has 0 aliphatic carbocycles. The zero-order chi connectivity index (χ0) is 21.0. The number of aryl methyl sites for hydroxylation is 1. The maximum atomic E-state index is 12.3. The quantitative estimate of drug-likeness (QED) is 0.615. The van der Waals surface area contributed by atoms with E-state index in [1.165, 1.54) is 17.1 Å². The number of carbonyl (C=O) groups is 2. The molecule has 3 aromatic rings. The molecule has 7 heteroatoms. The first-order valence-corrected chi connectivity index (χ1v) is 9.54. The van der Waals surface area contributed by atoms with Gasteiger partial charge in [-0.2, -0.15) is 0 Å². The van der Waals surface area contributed by atoms with Crippen molar-refractivity contribution < 1.29 is 18.7 Å². The van der Waals surface area contributed by atoms with E-state index in [9.17, 15) is 14.4 Å². The molecule has 0 fully saturated rings. The average molecular weight is 396 g/mol. The van der Waals surface area contributed by atoms with Gasteiger partial charge in [-0.1, -0.05) is 38.1 Å². The van der Waals surface area contributed by atoms with Crippen LogP contribution in [0.5, 0.6) is 0 Å². The van der Waals surface area contributed by atoms with Crippen LogP contribution in [0.3, 0.4) is 0 Å². The lowest BCUT2D eigenvalue weighted by Gasteiger charge is -2.14. The summed E-state index contributed by atoms with van der Waals surface area (Å²) in [5.74, 6) is -1.12. The van der Waals surface area contributed by atoms with Gasteiger partial charge >= 0.3 is 11.7 Å². The van der Waals surface area contributed by atoms with E-state index in [1.54, 1.807) is 24.3 Å². The molecule has 7 nitrogen and oxygen atoms in total. The highest BCUT2D eigenvalue weighted by Gasteiger charge is 2.19. The van der Waals surface area contributed by atoms with Gasteiger partial charge in [0.05, 0.1) is 11.9 Å². The summed E-state index contributed by atoms with van der Waals surface area (Å²) in [6.45, 7) is 5.81. The van der Waals surface area contributed by atoms with Gasteiger partial charge in [0.15, 0.2) is 11.7 Å². The molecule has 3 rings (SSSR count). The standard InChI is InChI=1S/C22H24N2O5/c1-14(2)16-8-10-17(11-9-16)23-21(26)15(3)28-20(25)12-13-24-18-6-4-5-7-19(18)29-22(24)27/h4-11,14-15H,12-13H2,1-3H3,(H,23,26)/t15-/m0/s1. The van der Waals surface area contributed by atoms with Crippen LogP contribution < -0.4 is 11.1 Å². The number of benzene rings is 2. The van der Waals surface area contributed by atoms with Crippen LogP contribution in [-0.4, -0.2) is 22.5 Å². The fourth-order valence-corrected chi connectivity index (χ4v) is 2.93. The molecule has 2 aromatic carbocycles. The summed E-state index contributed by atoms with van der Waals surface area (Å²) < 4.78 is 11.7. The minimum absolute atomic E-state index is 0.0514. The van der Waals surface area contributed by atoms with E-state index >= 15 is 0 Å². The Morgan fingerprint density at radius 3 is 2.45 bits per heavy atom. The van der Waals surface area contributed by atoms with E-state index in [-0.39, 0.29) is 13.0 Å². The van der Waals surface area contributed by atoms with Gasteiger partial charge in [0, 0.05) is 12.2 Å². The van der Waals surface area contributed by atoms with Crippen molar-refractivity contribution in [3.8, 4) is 0 Å². The van der Waals surface area contributed by atoms with Gasteiger partial charge in [0.25, 0.3) is 5.91 Å². The zero-order valence-corrected chi connectivity index (χ0v) is 16.7. The fourth-order valence-electron chi connectivity index (χ4n) is 2.93. The summed E-state index contributed by atoms with van der Waals surface area (Å²) in [7, 11) is 0. The lowest BCUT2D eigenvalue weighted by Crippen LogP contribution is -2.30. The Kier molecular flexibility index (Phi) is 6.16. The van der Waals surface area contributed by atoms with E-state index < -0.39 is 23.7 Å². The number of esters is 1. The van der Waals surface area contributed by atoms with Gasteiger partial charge in [-0.15, -0.1) is 0 Å². The number of amides is 1. The molecule has 0 aliphatic rings. The summed E-state index contributed by atoms with van der Waals surface area (Å²) in [5, 5.41) is 2.73. The minimum Gasteiger partial charge on any atom is -0.452 e. The van der Waals surface area contributed by atoms with Crippen LogP contribution in [-0.2, 0) is 20.9 Å². The molecule has 0 spiro atoms. The number of carbonyl (C=O) groups excluding carboxylic acids is 2. The molecule has 0 radical (unpaired) electrons. The van der Waals surface area contributed by atoms with Crippen LogP contribution in [0.25, 0.3) is 11.1 Å². The van der Waals surface area contributed by atoms with Gasteiger partial charge in [0.2, 0.25) is 0 Å². The fraction of sp³-hybridized carbons (Fsp3) is 0.318. The second-order valence-corrected chi connectivity index (χ2v) is 7.14. The van der Waals surface area contributed by atoms with Crippen molar-refractivity contribution in [1.29, 1.82) is 0 Å². The van der Waals surface area contributed by atoms with Crippen molar-refractivity contribution in [2.24, 2.45) is 0 Å². The third-order valence-corrected chi connectivity index (χ3v) is 4.64. The normalized spacial score (nSPS) is 12.1. The topological polar surface area (TPSA) is 90.5 Å². The largest absolute Gasteiger partial charge is 0.452 e. The number of oxazole rings is 1. The summed E-state index contributed by atoms with van der Waals surface area (Å²) in [5.41, 5.74) is 2.88. The maximum absolute atomic E-state index is 12.3. The van der Waals surface area contributed by atoms with Crippen LogP contribution in [0, 0.1) is 0 Å². The predicted molar refractivity (Wildman–Crippen MR) is 110 cm³/mol. The first-order valence-electron chi connectivity index (χ1n) is 9.54. The van der Waals surface area contributed by atoms with Crippen LogP contribution in [0.15, 0.2) is 57.7 Å². The second kappa shape index (κ2) is 8.77. The van der Waals surface area contributed by atoms with E-state index in [1.807, 2.05) is 24.3 Å². The summed E-state index contributed by atoms with van der Waals surface area (Å²) in [6.07, 6.45) is -1.01. The first kappa shape index (κ1) is 20.4. The Bertz CT molecular complexity index is 1060.